The Bertz CT molecular complexity index is 592. The minimum atomic E-state index is -1.20. The number of rotatable bonds is 4. The molecule has 1 aromatic rings. The zero-order valence-electron chi connectivity index (χ0n) is 11.9. The third kappa shape index (κ3) is 3.09. The van der Waals surface area contributed by atoms with Gasteiger partial charge in [0.1, 0.15) is 5.82 Å². The number of allylic oxidation sites excluding steroid dienone is 2. The molecule has 0 heterocycles. The highest BCUT2D eigenvalue weighted by Gasteiger charge is 2.45. The molecule has 0 aromatic heterocycles. The summed E-state index contributed by atoms with van der Waals surface area (Å²) >= 11 is 3.42. The van der Waals surface area contributed by atoms with E-state index in [1.165, 1.54) is 19.2 Å². The van der Waals surface area contributed by atoms with Crippen molar-refractivity contribution in [3.63, 3.8) is 0 Å². The van der Waals surface area contributed by atoms with Crippen molar-refractivity contribution in [3.8, 4) is 0 Å². The summed E-state index contributed by atoms with van der Waals surface area (Å²) in [5.74, 6) is -0.791. The fraction of sp³-hybridized carbons (Fsp3) is 0.312. The number of benzene rings is 1. The average molecular weight is 355 g/mol. The Kier molecular flexibility index (Phi) is 4.96. The van der Waals surface area contributed by atoms with Gasteiger partial charge in [-0.3, -0.25) is 0 Å². The fourth-order valence-electron chi connectivity index (χ4n) is 2.41. The first-order chi connectivity index (χ1) is 10.0. The molecule has 2 rings (SSSR count). The van der Waals surface area contributed by atoms with Gasteiger partial charge in [0.25, 0.3) is 0 Å². The number of methoxy groups -OCH3 is 1. The molecule has 1 aromatic carbocycles. The first-order valence-electron chi connectivity index (χ1n) is 6.59. The maximum atomic E-state index is 13.1. The van der Waals surface area contributed by atoms with E-state index in [1.54, 1.807) is 12.1 Å². The standard InChI is InChI=1S/C16H16BrFO3/c1-3-21-16(15(19)20-2)9-8-12(17)10-14(16)11-4-6-13(18)7-5-11/h4-8,10H,3,9H2,1-2H3. The van der Waals surface area contributed by atoms with E-state index in [1.807, 2.05) is 19.1 Å². The highest BCUT2D eigenvalue weighted by Crippen LogP contribution is 2.40. The van der Waals surface area contributed by atoms with Crippen LogP contribution in [0.2, 0.25) is 0 Å². The smallest absolute Gasteiger partial charge is 0.343 e. The Morgan fingerprint density at radius 1 is 1.38 bits per heavy atom. The largest absolute Gasteiger partial charge is 0.467 e. The normalized spacial score (nSPS) is 21.5. The summed E-state index contributed by atoms with van der Waals surface area (Å²) in [4.78, 5) is 12.3. The third-order valence-corrected chi connectivity index (χ3v) is 3.92. The molecular formula is C16H16BrFO3. The van der Waals surface area contributed by atoms with E-state index < -0.39 is 11.6 Å². The van der Waals surface area contributed by atoms with Gasteiger partial charge >= 0.3 is 5.97 Å². The predicted octanol–water partition coefficient (Wildman–Crippen LogP) is 3.84. The van der Waals surface area contributed by atoms with Crippen LogP contribution in [0.4, 0.5) is 4.39 Å². The van der Waals surface area contributed by atoms with Gasteiger partial charge in [-0.2, -0.15) is 0 Å². The van der Waals surface area contributed by atoms with Gasteiger partial charge in [-0.25, -0.2) is 9.18 Å². The van der Waals surface area contributed by atoms with Crippen LogP contribution in [0.3, 0.4) is 0 Å². The van der Waals surface area contributed by atoms with Crippen molar-refractivity contribution >= 4 is 27.5 Å². The van der Waals surface area contributed by atoms with Crippen LogP contribution in [0.25, 0.3) is 5.57 Å². The number of halogens is 2. The van der Waals surface area contributed by atoms with Crippen LogP contribution >= 0.6 is 15.9 Å². The van der Waals surface area contributed by atoms with Gasteiger partial charge in [0.15, 0.2) is 5.60 Å². The Hall–Kier alpha value is -1.46. The molecule has 0 saturated carbocycles. The second-order valence-corrected chi connectivity index (χ2v) is 5.53. The molecule has 0 N–H and O–H groups in total. The first-order valence-corrected chi connectivity index (χ1v) is 7.39. The van der Waals surface area contributed by atoms with E-state index in [4.69, 9.17) is 9.47 Å². The summed E-state index contributed by atoms with van der Waals surface area (Å²) < 4.78 is 24.7. The molecule has 0 aliphatic heterocycles. The van der Waals surface area contributed by atoms with Crippen LogP contribution in [0.1, 0.15) is 18.9 Å². The summed E-state index contributed by atoms with van der Waals surface area (Å²) in [6.07, 6.45) is 4.03. The zero-order chi connectivity index (χ0) is 15.5. The van der Waals surface area contributed by atoms with Crippen LogP contribution in [-0.4, -0.2) is 25.3 Å². The molecule has 1 aliphatic rings. The number of ether oxygens (including phenoxy) is 2. The van der Waals surface area contributed by atoms with Crippen molar-refractivity contribution in [3.05, 3.63) is 52.3 Å². The quantitative estimate of drug-likeness (QED) is 0.770. The predicted molar refractivity (Wildman–Crippen MR) is 82.4 cm³/mol. The molecule has 0 amide bonds. The Morgan fingerprint density at radius 2 is 2.05 bits per heavy atom. The summed E-state index contributed by atoms with van der Waals surface area (Å²) in [6.45, 7) is 2.18. The van der Waals surface area contributed by atoms with Gasteiger partial charge in [0.2, 0.25) is 0 Å². The van der Waals surface area contributed by atoms with E-state index >= 15 is 0 Å². The number of esters is 1. The minimum absolute atomic E-state index is 0.329. The number of hydrogen-bond donors (Lipinski definition) is 0. The van der Waals surface area contributed by atoms with Crippen molar-refractivity contribution in [1.29, 1.82) is 0 Å². The highest BCUT2D eigenvalue weighted by molar-refractivity contribution is 9.11. The van der Waals surface area contributed by atoms with Gasteiger partial charge in [0, 0.05) is 23.1 Å². The number of carbonyl (C=O) groups excluding carboxylic acids is 1. The zero-order valence-corrected chi connectivity index (χ0v) is 13.4. The molecule has 0 saturated heterocycles. The number of hydrogen-bond acceptors (Lipinski definition) is 3. The van der Waals surface area contributed by atoms with Gasteiger partial charge in [-0.15, -0.1) is 0 Å². The Balaban J connectivity index is 2.56. The van der Waals surface area contributed by atoms with Crippen LogP contribution < -0.4 is 0 Å². The second kappa shape index (κ2) is 6.54. The van der Waals surface area contributed by atoms with Gasteiger partial charge in [-0.05, 0) is 30.7 Å². The third-order valence-electron chi connectivity index (χ3n) is 3.36. The maximum absolute atomic E-state index is 13.1. The molecule has 0 spiro atoms. The summed E-state index contributed by atoms with van der Waals surface area (Å²) in [5.41, 5.74) is 0.185. The molecule has 0 fully saturated rings. The SMILES string of the molecule is CCOC1(C(=O)OC)CC=C(Br)C=C1c1ccc(F)cc1. The van der Waals surface area contributed by atoms with E-state index in [0.717, 1.165) is 10.0 Å². The lowest BCUT2D eigenvalue weighted by Gasteiger charge is -2.34. The van der Waals surface area contributed by atoms with Gasteiger partial charge < -0.3 is 9.47 Å². The average Bonchev–Trinajstić information content (AvgIpc) is 2.49. The van der Waals surface area contributed by atoms with Gasteiger partial charge in [-0.1, -0.05) is 34.1 Å². The molecule has 0 bridgehead atoms. The van der Waals surface area contributed by atoms with Crippen molar-refractivity contribution in [2.45, 2.75) is 18.9 Å². The molecular weight excluding hydrogens is 339 g/mol. The van der Waals surface area contributed by atoms with E-state index in [0.29, 0.717) is 18.6 Å². The van der Waals surface area contributed by atoms with Crippen molar-refractivity contribution in [2.75, 3.05) is 13.7 Å². The van der Waals surface area contributed by atoms with Crippen molar-refractivity contribution in [2.24, 2.45) is 0 Å². The van der Waals surface area contributed by atoms with E-state index in [2.05, 4.69) is 15.9 Å². The highest BCUT2D eigenvalue weighted by atomic mass is 79.9. The first kappa shape index (κ1) is 15.9. The molecule has 5 heteroatoms. The monoisotopic (exact) mass is 354 g/mol. The Morgan fingerprint density at radius 3 is 2.62 bits per heavy atom. The van der Waals surface area contributed by atoms with E-state index in [-0.39, 0.29) is 5.82 Å². The minimum Gasteiger partial charge on any atom is -0.467 e. The summed E-state index contributed by atoms with van der Waals surface area (Å²) in [6, 6.07) is 5.97. The molecule has 1 aliphatic carbocycles. The molecule has 21 heavy (non-hydrogen) atoms. The number of carbonyl (C=O) groups is 1. The summed E-state index contributed by atoms with van der Waals surface area (Å²) in [5, 5.41) is 0. The lowest BCUT2D eigenvalue weighted by molar-refractivity contribution is -0.161. The van der Waals surface area contributed by atoms with Crippen molar-refractivity contribution in [1.82, 2.24) is 0 Å². The van der Waals surface area contributed by atoms with Gasteiger partial charge in [0.05, 0.1) is 7.11 Å². The molecule has 112 valence electrons. The molecule has 1 atom stereocenters. The lowest BCUT2D eigenvalue weighted by atomic mass is 9.82. The second-order valence-electron chi connectivity index (χ2n) is 4.61. The van der Waals surface area contributed by atoms with Crippen molar-refractivity contribution < 1.29 is 18.7 Å². The van der Waals surface area contributed by atoms with E-state index in [9.17, 15) is 9.18 Å². The maximum Gasteiger partial charge on any atom is 0.343 e. The molecule has 1 unspecified atom stereocenters. The Labute approximate surface area is 131 Å². The molecule has 0 radical (unpaired) electrons. The van der Waals surface area contributed by atoms with Crippen LogP contribution in [0, 0.1) is 5.82 Å². The summed E-state index contributed by atoms with van der Waals surface area (Å²) in [7, 11) is 1.33. The lowest BCUT2D eigenvalue weighted by Crippen LogP contribution is -2.44. The topological polar surface area (TPSA) is 35.5 Å². The fourth-order valence-corrected chi connectivity index (χ4v) is 2.80. The van der Waals surface area contributed by atoms with Crippen LogP contribution in [-0.2, 0) is 14.3 Å². The van der Waals surface area contributed by atoms with Crippen LogP contribution in [0.5, 0.6) is 0 Å². The molecule has 3 nitrogen and oxygen atoms in total. The van der Waals surface area contributed by atoms with Crippen LogP contribution in [0.15, 0.2) is 40.9 Å².